The molecule has 208 valence electrons. The molecule has 0 radical (unpaired) electrons. The molecule has 0 aliphatic rings. The van der Waals surface area contributed by atoms with Gasteiger partial charge in [0.2, 0.25) is 11.8 Å². The highest BCUT2D eigenvalue weighted by Crippen LogP contribution is 2.12. The van der Waals surface area contributed by atoms with Crippen LogP contribution >= 0.6 is 0 Å². The number of rotatable bonds is 26. The zero-order valence-electron chi connectivity index (χ0n) is 23.9. The zero-order chi connectivity index (χ0) is 26.0. The second-order valence-corrected chi connectivity index (χ2v) is 10.2. The van der Waals surface area contributed by atoms with Crippen molar-refractivity contribution in [3.63, 3.8) is 0 Å². The first-order valence-corrected chi connectivity index (χ1v) is 15.3. The Labute approximate surface area is 218 Å². The van der Waals surface area contributed by atoms with Crippen molar-refractivity contribution in [1.82, 2.24) is 10.6 Å². The third kappa shape index (κ3) is 23.1. The van der Waals surface area contributed by atoms with Crippen LogP contribution in [-0.4, -0.2) is 24.3 Å². The van der Waals surface area contributed by atoms with E-state index >= 15 is 0 Å². The molecule has 0 bridgehead atoms. The van der Waals surface area contributed by atoms with E-state index in [9.17, 15) is 9.59 Å². The number of amides is 2. The first kappa shape index (κ1) is 33.9. The lowest BCUT2D eigenvalue weighted by molar-refractivity contribution is -0.133. The van der Waals surface area contributed by atoms with Crippen molar-refractivity contribution in [1.29, 1.82) is 0 Å². The van der Waals surface area contributed by atoms with E-state index in [1.54, 1.807) is 0 Å². The lowest BCUT2D eigenvalue weighted by Gasteiger charge is -2.25. The Morgan fingerprint density at radius 1 is 0.486 bits per heavy atom. The molecule has 2 unspecified atom stereocenters. The van der Waals surface area contributed by atoms with Crippen molar-refractivity contribution in [2.45, 2.75) is 181 Å². The second kappa shape index (κ2) is 26.0. The van der Waals surface area contributed by atoms with Crippen LogP contribution < -0.4 is 10.6 Å². The predicted octanol–water partition coefficient (Wildman–Crippen LogP) is 8.55. The third-order valence-corrected chi connectivity index (χ3v) is 6.73. The van der Waals surface area contributed by atoms with Crippen molar-refractivity contribution in [3.8, 4) is 0 Å². The van der Waals surface area contributed by atoms with E-state index in [0.717, 1.165) is 25.7 Å². The van der Waals surface area contributed by atoms with Gasteiger partial charge in [0.15, 0.2) is 0 Å². The molecule has 35 heavy (non-hydrogen) atoms. The van der Waals surface area contributed by atoms with Gasteiger partial charge >= 0.3 is 0 Å². The number of nitrogens with one attached hydrogen (secondary N) is 2. The van der Waals surface area contributed by atoms with Gasteiger partial charge in [0.25, 0.3) is 0 Å². The minimum atomic E-state index is -0.348. The Hall–Kier alpha value is -1.10. The smallest absolute Gasteiger partial charge is 0.221 e. The molecule has 0 aromatic rings. The molecule has 0 saturated carbocycles. The van der Waals surface area contributed by atoms with Crippen molar-refractivity contribution >= 4 is 11.8 Å². The molecule has 0 aromatic carbocycles. The summed E-state index contributed by atoms with van der Waals surface area (Å²) in [4.78, 5) is 24.7. The summed E-state index contributed by atoms with van der Waals surface area (Å²) in [5.74, 6) is 0.103. The van der Waals surface area contributed by atoms with Crippen LogP contribution in [0.2, 0.25) is 0 Å². The van der Waals surface area contributed by atoms with Crippen LogP contribution in [0.4, 0.5) is 0 Å². The Kier molecular flexibility index (Phi) is 25.2. The summed E-state index contributed by atoms with van der Waals surface area (Å²) in [5.41, 5.74) is 0. The number of carbonyl (C=O) groups is 2. The fourth-order valence-corrected chi connectivity index (χ4v) is 4.36. The quantitative estimate of drug-likeness (QED) is 0.0931. The number of unbranched alkanes of at least 4 members (excludes halogenated alkanes) is 16. The summed E-state index contributed by atoms with van der Waals surface area (Å²) in [7, 11) is 0. The van der Waals surface area contributed by atoms with E-state index < -0.39 is 0 Å². The van der Waals surface area contributed by atoms with E-state index in [2.05, 4.69) is 24.5 Å². The molecule has 2 atom stereocenters. The number of hydrogen-bond acceptors (Lipinski definition) is 3. The Bertz CT molecular complexity index is 442. The number of ether oxygens (including phenoxy) is 1. The van der Waals surface area contributed by atoms with E-state index in [1.807, 2.05) is 13.8 Å². The van der Waals surface area contributed by atoms with Crippen molar-refractivity contribution in [2.75, 3.05) is 0 Å². The molecule has 2 N–H and O–H groups in total. The molecule has 0 saturated heterocycles. The highest BCUT2D eigenvalue weighted by atomic mass is 16.5. The lowest BCUT2D eigenvalue weighted by atomic mass is 10.1. The molecule has 5 heteroatoms. The van der Waals surface area contributed by atoms with Crippen LogP contribution in [0.15, 0.2) is 0 Å². The standard InChI is InChI=1S/C30H60N2O3/c1-5-9-11-13-15-17-19-21-23-25-27(33)31-29(7-3)35-30(8-4)32-28(34)26-24-22-20-18-16-14-12-10-6-2/h29-30H,5-26H2,1-4H3,(H,31,33)(H,32,34). The van der Waals surface area contributed by atoms with E-state index in [4.69, 9.17) is 4.74 Å². The molecule has 0 spiro atoms. The minimum Gasteiger partial charge on any atom is -0.336 e. The van der Waals surface area contributed by atoms with Gasteiger partial charge in [-0.05, 0) is 25.7 Å². The van der Waals surface area contributed by atoms with Gasteiger partial charge < -0.3 is 15.4 Å². The average Bonchev–Trinajstić information content (AvgIpc) is 2.85. The molecule has 0 aliphatic heterocycles. The Morgan fingerprint density at radius 2 is 0.771 bits per heavy atom. The average molecular weight is 497 g/mol. The molecule has 0 fully saturated rings. The summed E-state index contributed by atoms with van der Waals surface area (Å²) in [6.45, 7) is 8.49. The van der Waals surface area contributed by atoms with Crippen LogP contribution in [0.3, 0.4) is 0 Å². The summed E-state index contributed by atoms with van der Waals surface area (Å²) in [6.07, 6.45) is 24.2. The molecule has 0 rings (SSSR count). The molecule has 0 aliphatic carbocycles. The molecular formula is C30H60N2O3. The van der Waals surface area contributed by atoms with Gasteiger partial charge in [-0.1, -0.05) is 130 Å². The van der Waals surface area contributed by atoms with Gasteiger partial charge in [0.05, 0.1) is 0 Å². The van der Waals surface area contributed by atoms with Crippen LogP contribution in [0.1, 0.15) is 169 Å². The van der Waals surface area contributed by atoms with Gasteiger partial charge in [0.1, 0.15) is 12.5 Å². The number of hydrogen-bond donors (Lipinski definition) is 2. The molecule has 2 amide bonds. The van der Waals surface area contributed by atoms with Gasteiger partial charge in [-0.15, -0.1) is 0 Å². The number of carbonyl (C=O) groups excluding carboxylic acids is 2. The molecule has 0 aromatic heterocycles. The van der Waals surface area contributed by atoms with Gasteiger partial charge in [0, 0.05) is 12.8 Å². The van der Waals surface area contributed by atoms with Gasteiger partial charge in [-0.25, -0.2) is 0 Å². The Morgan fingerprint density at radius 3 is 1.06 bits per heavy atom. The third-order valence-electron chi connectivity index (χ3n) is 6.73. The maximum atomic E-state index is 12.3. The highest BCUT2D eigenvalue weighted by Gasteiger charge is 2.17. The minimum absolute atomic E-state index is 0.0515. The predicted molar refractivity (Wildman–Crippen MR) is 149 cm³/mol. The van der Waals surface area contributed by atoms with Crippen LogP contribution in [0.5, 0.6) is 0 Å². The molecular weight excluding hydrogens is 436 g/mol. The maximum Gasteiger partial charge on any atom is 0.221 e. The summed E-state index contributed by atoms with van der Waals surface area (Å²) < 4.78 is 6.01. The fraction of sp³-hybridized carbons (Fsp3) is 0.933. The van der Waals surface area contributed by atoms with Crippen molar-refractivity contribution < 1.29 is 14.3 Å². The van der Waals surface area contributed by atoms with Gasteiger partial charge in [-0.2, -0.15) is 0 Å². The molecule has 0 heterocycles. The fourth-order valence-electron chi connectivity index (χ4n) is 4.36. The van der Waals surface area contributed by atoms with Gasteiger partial charge in [-0.3, -0.25) is 9.59 Å². The Balaban J connectivity index is 3.90. The first-order chi connectivity index (χ1) is 17.1. The van der Waals surface area contributed by atoms with Crippen LogP contribution in [-0.2, 0) is 14.3 Å². The molecule has 5 nitrogen and oxygen atoms in total. The first-order valence-electron chi connectivity index (χ1n) is 15.3. The monoisotopic (exact) mass is 496 g/mol. The topological polar surface area (TPSA) is 67.4 Å². The van der Waals surface area contributed by atoms with E-state index in [-0.39, 0.29) is 24.3 Å². The summed E-state index contributed by atoms with van der Waals surface area (Å²) >= 11 is 0. The highest BCUT2D eigenvalue weighted by molar-refractivity contribution is 5.76. The summed E-state index contributed by atoms with van der Waals surface area (Å²) in [6, 6.07) is 0. The maximum absolute atomic E-state index is 12.3. The van der Waals surface area contributed by atoms with E-state index in [0.29, 0.717) is 25.7 Å². The SMILES string of the molecule is CCCCCCCCCCCC(=O)NC(CC)OC(CC)NC(=O)CCCCCCCCCCC. The normalized spacial score (nSPS) is 12.9. The second-order valence-electron chi connectivity index (χ2n) is 10.2. The van der Waals surface area contributed by atoms with Crippen molar-refractivity contribution in [2.24, 2.45) is 0 Å². The largest absolute Gasteiger partial charge is 0.336 e. The van der Waals surface area contributed by atoms with Crippen LogP contribution in [0.25, 0.3) is 0 Å². The van der Waals surface area contributed by atoms with E-state index in [1.165, 1.54) is 89.9 Å². The lowest BCUT2D eigenvalue weighted by Crippen LogP contribution is -2.44. The van der Waals surface area contributed by atoms with Crippen molar-refractivity contribution in [3.05, 3.63) is 0 Å². The zero-order valence-corrected chi connectivity index (χ0v) is 23.9. The summed E-state index contributed by atoms with van der Waals surface area (Å²) in [5, 5.41) is 6.00. The van der Waals surface area contributed by atoms with Crippen LogP contribution in [0, 0.1) is 0 Å².